The predicted molar refractivity (Wildman–Crippen MR) is 57.8 cm³/mol. The van der Waals surface area contributed by atoms with Gasteiger partial charge in [0.25, 0.3) is 0 Å². The fourth-order valence-electron chi connectivity index (χ4n) is 0.850. The van der Waals surface area contributed by atoms with Crippen molar-refractivity contribution in [2.45, 2.75) is 6.42 Å². The number of benzene rings is 1. The SMILES string of the molecule is Brc1ccccc1CCOI. The first kappa shape index (κ1) is 9.48. The molecule has 1 aromatic rings. The van der Waals surface area contributed by atoms with E-state index in [1.54, 1.807) is 0 Å². The van der Waals surface area contributed by atoms with Crippen molar-refractivity contribution in [1.82, 2.24) is 0 Å². The smallest absolute Gasteiger partial charge is 0.109 e. The topological polar surface area (TPSA) is 9.23 Å². The van der Waals surface area contributed by atoms with Gasteiger partial charge in [-0.2, -0.15) is 0 Å². The Morgan fingerprint density at radius 1 is 1.36 bits per heavy atom. The van der Waals surface area contributed by atoms with Gasteiger partial charge in [-0.1, -0.05) is 34.1 Å². The van der Waals surface area contributed by atoms with Crippen molar-refractivity contribution in [2.75, 3.05) is 6.61 Å². The van der Waals surface area contributed by atoms with Crippen molar-refractivity contribution < 1.29 is 3.07 Å². The molecule has 3 heteroatoms. The lowest BCUT2D eigenvalue weighted by Crippen LogP contribution is -1.91. The summed E-state index contributed by atoms with van der Waals surface area (Å²) in [5.41, 5.74) is 1.30. The van der Waals surface area contributed by atoms with Crippen LogP contribution in [0.4, 0.5) is 0 Å². The average molecular weight is 327 g/mol. The van der Waals surface area contributed by atoms with Crippen molar-refractivity contribution in [3.63, 3.8) is 0 Å². The van der Waals surface area contributed by atoms with Crippen molar-refractivity contribution in [1.29, 1.82) is 0 Å². The van der Waals surface area contributed by atoms with Crippen LogP contribution in [0.5, 0.6) is 0 Å². The lowest BCUT2D eigenvalue weighted by molar-refractivity contribution is 0.431. The summed E-state index contributed by atoms with van der Waals surface area (Å²) in [6.07, 6.45) is 0.963. The molecule has 11 heavy (non-hydrogen) atoms. The molecule has 0 bridgehead atoms. The molecule has 0 atom stereocenters. The molecule has 0 radical (unpaired) electrons. The third kappa shape index (κ3) is 3.09. The Bertz CT molecular complexity index is 227. The van der Waals surface area contributed by atoms with Crippen LogP contribution >= 0.6 is 38.9 Å². The third-order valence-electron chi connectivity index (χ3n) is 1.41. The zero-order chi connectivity index (χ0) is 8.10. The number of halogens is 2. The lowest BCUT2D eigenvalue weighted by Gasteiger charge is -2.00. The van der Waals surface area contributed by atoms with E-state index in [1.165, 1.54) is 5.56 Å². The van der Waals surface area contributed by atoms with Gasteiger partial charge in [0, 0.05) is 4.47 Å². The molecular weight excluding hydrogens is 319 g/mol. The van der Waals surface area contributed by atoms with E-state index in [1.807, 2.05) is 41.2 Å². The first-order valence-electron chi connectivity index (χ1n) is 3.31. The molecule has 0 aromatic heterocycles. The van der Waals surface area contributed by atoms with Crippen LogP contribution in [0.25, 0.3) is 0 Å². The summed E-state index contributed by atoms with van der Waals surface area (Å²) >= 11 is 5.38. The van der Waals surface area contributed by atoms with E-state index in [9.17, 15) is 0 Å². The van der Waals surface area contributed by atoms with E-state index in [0.29, 0.717) is 0 Å². The maximum absolute atomic E-state index is 4.95. The summed E-state index contributed by atoms with van der Waals surface area (Å²) in [5.74, 6) is 0. The molecular formula is C8H8BrIO. The van der Waals surface area contributed by atoms with E-state index >= 15 is 0 Å². The Morgan fingerprint density at radius 2 is 2.09 bits per heavy atom. The number of hydrogen-bond acceptors (Lipinski definition) is 1. The first-order valence-corrected chi connectivity index (χ1v) is 4.99. The van der Waals surface area contributed by atoms with Gasteiger partial charge in [-0.15, -0.1) is 0 Å². The monoisotopic (exact) mass is 326 g/mol. The molecule has 0 aliphatic heterocycles. The van der Waals surface area contributed by atoms with Crippen molar-refractivity contribution in [3.8, 4) is 0 Å². The van der Waals surface area contributed by atoms with Crippen LogP contribution in [0.2, 0.25) is 0 Å². The summed E-state index contributed by atoms with van der Waals surface area (Å²) in [7, 11) is 0. The molecule has 1 aromatic carbocycles. The van der Waals surface area contributed by atoms with E-state index in [4.69, 9.17) is 3.07 Å². The molecule has 0 aliphatic carbocycles. The van der Waals surface area contributed by atoms with Crippen LogP contribution in [-0.4, -0.2) is 6.61 Å². The molecule has 0 amide bonds. The minimum Gasteiger partial charge on any atom is -0.315 e. The van der Waals surface area contributed by atoms with Gasteiger partial charge in [-0.3, -0.25) is 0 Å². The second-order valence-electron chi connectivity index (χ2n) is 2.15. The van der Waals surface area contributed by atoms with Gasteiger partial charge in [0.05, 0.1) is 6.61 Å². The summed E-state index contributed by atoms with van der Waals surface area (Å²) in [6, 6.07) is 8.19. The molecule has 1 rings (SSSR count). The Labute approximate surface area is 89.0 Å². The maximum atomic E-state index is 4.95. The molecule has 0 aliphatic rings. The van der Waals surface area contributed by atoms with Crippen LogP contribution in [0.3, 0.4) is 0 Å². The van der Waals surface area contributed by atoms with Gasteiger partial charge in [-0.05, 0) is 18.1 Å². The lowest BCUT2D eigenvalue weighted by atomic mass is 10.2. The highest BCUT2D eigenvalue weighted by Crippen LogP contribution is 2.16. The molecule has 0 saturated carbocycles. The van der Waals surface area contributed by atoms with Gasteiger partial charge in [-0.25, -0.2) is 0 Å². The molecule has 0 heterocycles. The third-order valence-corrected chi connectivity index (χ3v) is 2.62. The molecule has 0 unspecified atom stereocenters. The zero-order valence-corrected chi connectivity index (χ0v) is 9.63. The van der Waals surface area contributed by atoms with Gasteiger partial charge >= 0.3 is 0 Å². The van der Waals surface area contributed by atoms with Crippen molar-refractivity contribution in [3.05, 3.63) is 34.3 Å². The van der Waals surface area contributed by atoms with Crippen LogP contribution < -0.4 is 0 Å². The van der Waals surface area contributed by atoms with Gasteiger partial charge in [0.15, 0.2) is 0 Å². The Balaban J connectivity index is 2.62. The van der Waals surface area contributed by atoms with Crippen LogP contribution in [0.1, 0.15) is 5.56 Å². The number of hydrogen-bond donors (Lipinski definition) is 0. The largest absolute Gasteiger partial charge is 0.315 e. The van der Waals surface area contributed by atoms with E-state index < -0.39 is 0 Å². The minimum absolute atomic E-state index is 0.767. The zero-order valence-electron chi connectivity index (χ0n) is 5.89. The second-order valence-corrected chi connectivity index (χ2v) is 3.63. The summed E-state index contributed by atoms with van der Waals surface area (Å²) in [6.45, 7) is 0.767. The number of rotatable bonds is 3. The highest BCUT2D eigenvalue weighted by atomic mass is 127. The quantitative estimate of drug-likeness (QED) is 0.774. The Morgan fingerprint density at radius 3 is 2.73 bits per heavy atom. The summed E-state index contributed by atoms with van der Waals surface area (Å²) in [4.78, 5) is 0. The molecule has 0 fully saturated rings. The summed E-state index contributed by atoms with van der Waals surface area (Å²) < 4.78 is 6.11. The van der Waals surface area contributed by atoms with Gasteiger partial charge in [0.1, 0.15) is 23.0 Å². The Kier molecular flexibility index (Phi) is 4.40. The minimum atomic E-state index is 0.767. The highest BCUT2D eigenvalue weighted by Gasteiger charge is 1.96. The van der Waals surface area contributed by atoms with Crippen molar-refractivity contribution in [2.24, 2.45) is 0 Å². The average Bonchev–Trinajstić information content (AvgIpc) is 2.03. The molecule has 0 saturated heterocycles. The molecule has 0 N–H and O–H groups in total. The van der Waals surface area contributed by atoms with Gasteiger partial charge < -0.3 is 3.07 Å². The fraction of sp³-hybridized carbons (Fsp3) is 0.250. The summed E-state index contributed by atoms with van der Waals surface area (Å²) in [5, 5.41) is 0. The van der Waals surface area contributed by atoms with E-state index in [-0.39, 0.29) is 0 Å². The normalized spacial score (nSPS) is 10.0. The molecule has 1 nitrogen and oxygen atoms in total. The fourth-order valence-corrected chi connectivity index (χ4v) is 1.55. The molecule has 60 valence electrons. The van der Waals surface area contributed by atoms with Crippen LogP contribution in [-0.2, 0) is 9.49 Å². The van der Waals surface area contributed by atoms with E-state index in [0.717, 1.165) is 17.5 Å². The van der Waals surface area contributed by atoms with Gasteiger partial charge in [0.2, 0.25) is 0 Å². The van der Waals surface area contributed by atoms with Crippen LogP contribution in [0, 0.1) is 0 Å². The highest BCUT2D eigenvalue weighted by molar-refractivity contribution is 14.1. The first-order chi connectivity index (χ1) is 5.34. The molecule has 0 spiro atoms. The Hall–Kier alpha value is 0.390. The van der Waals surface area contributed by atoms with E-state index in [2.05, 4.69) is 22.0 Å². The van der Waals surface area contributed by atoms with Crippen LogP contribution in [0.15, 0.2) is 28.7 Å². The second kappa shape index (κ2) is 5.11. The standard InChI is InChI=1S/C8H8BrIO/c9-8-4-2-1-3-7(8)5-6-11-10/h1-4H,5-6H2. The predicted octanol–water partition coefficient (Wildman–Crippen LogP) is 3.36. The van der Waals surface area contributed by atoms with Crippen molar-refractivity contribution >= 4 is 38.9 Å². The maximum Gasteiger partial charge on any atom is 0.109 e.